The molecule has 13 nitrogen and oxygen atoms in total. The van der Waals surface area contributed by atoms with Crippen LogP contribution in [0.4, 0.5) is 0 Å². The van der Waals surface area contributed by atoms with Crippen LogP contribution in [0, 0.1) is 5.92 Å². The number of hydrogen-bond donors (Lipinski definition) is 7. The predicted octanol–water partition coefficient (Wildman–Crippen LogP) is -0.519. The van der Waals surface area contributed by atoms with Crippen LogP contribution in [-0.4, -0.2) is 75.1 Å². The van der Waals surface area contributed by atoms with Gasteiger partial charge in [0.05, 0.1) is 12.5 Å². The molecule has 1 rings (SSSR count). The van der Waals surface area contributed by atoms with Crippen LogP contribution in [0.2, 0.25) is 0 Å². The molecule has 13 heteroatoms. The maximum Gasteiger partial charge on any atom is 0.326 e. The van der Waals surface area contributed by atoms with Gasteiger partial charge in [0, 0.05) is 12.8 Å². The molecule has 37 heavy (non-hydrogen) atoms. The standard InChI is InChI=1S/C24H34N4O9/c1-13(2)10-15(25)21(33)27-17(11-14-6-4-3-5-7-14)22(34)28-18(12-20(31)32)23(35)26-16(24(36)37)8-9-19(29)30/h3-7,13,15-18H,8-12,25H2,1-2H3,(H,26,35)(H,27,33)(H,28,34)(H,29,30)(H,31,32)(H,36,37). The molecule has 0 aromatic heterocycles. The topological polar surface area (TPSA) is 225 Å². The molecule has 0 saturated carbocycles. The smallest absolute Gasteiger partial charge is 0.326 e. The van der Waals surface area contributed by atoms with Gasteiger partial charge in [0.1, 0.15) is 18.1 Å². The van der Waals surface area contributed by atoms with Crippen molar-refractivity contribution in [2.75, 3.05) is 0 Å². The number of carbonyl (C=O) groups excluding carboxylic acids is 3. The summed E-state index contributed by atoms with van der Waals surface area (Å²) in [4.78, 5) is 72.0. The third kappa shape index (κ3) is 12.0. The number of aliphatic carboxylic acids is 3. The van der Waals surface area contributed by atoms with Crippen LogP contribution in [0.25, 0.3) is 0 Å². The van der Waals surface area contributed by atoms with Gasteiger partial charge < -0.3 is 37.0 Å². The van der Waals surface area contributed by atoms with Crippen molar-refractivity contribution in [1.29, 1.82) is 0 Å². The van der Waals surface area contributed by atoms with Crippen LogP contribution in [0.1, 0.15) is 45.1 Å². The minimum Gasteiger partial charge on any atom is -0.481 e. The second-order valence-corrected chi connectivity index (χ2v) is 8.98. The second kappa shape index (κ2) is 15.2. The minimum absolute atomic E-state index is 0.00455. The van der Waals surface area contributed by atoms with Crippen molar-refractivity contribution in [3.8, 4) is 0 Å². The van der Waals surface area contributed by atoms with E-state index in [1.807, 2.05) is 13.8 Å². The maximum absolute atomic E-state index is 13.1. The average Bonchev–Trinajstić information content (AvgIpc) is 2.80. The van der Waals surface area contributed by atoms with Crippen LogP contribution in [0.15, 0.2) is 30.3 Å². The SMILES string of the molecule is CC(C)CC(N)C(=O)NC(Cc1ccccc1)C(=O)NC(CC(=O)O)C(=O)NC(CCC(=O)O)C(=O)O. The molecule has 204 valence electrons. The Bertz CT molecular complexity index is 968. The number of carbonyl (C=O) groups is 6. The highest BCUT2D eigenvalue weighted by Crippen LogP contribution is 2.08. The van der Waals surface area contributed by atoms with Crippen LogP contribution in [0.5, 0.6) is 0 Å². The first-order valence-electron chi connectivity index (χ1n) is 11.7. The number of nitrogens with one attached hydrogen (secondary N) is 3. The van der Waals surface area contributed by atoms with E-state index in [1.165, 1.54) is 0 Å². The van der Waals surface area contributed by atoms with E-state index < -0.39 is 79.1 Å². The maximum atomic E-state index is 13.1. The molecule has 4 atom stereocenters. The Kier molecular flexibility index (Phi) is 12.7. The molecule has 1 aromatic carbocycles. The monoisotopic (exact) mass is 522 g/mol. The van der Waals surface area contributed by atoms with Crippen LogP contribution in [0.3, 0.4) is 0 Å². The highest BCUT2D eigenvalue weighted by atomic mass is 16.4. The lowest BCUT2D eigenvalue weighted by Gasteiger charge is -2.25. The Morgan fingerprint density at radius 3 is 1.84 bits per heavy atom. The number of nitrogens with two attached hydrogens (primary N) is 1. The Labute approximate surface area is 213 Å². The van der Waals surface area contributed by atoms with Crippen LogP contribution in [-0.2, 0) is 35.2 Å². The van der Waals surface area contributed by atoms with Crippen molar-refractivity contribution < 1.29 is 44.1 Å². The van der Waals surface area contributed by atoms with Gasteiger partial charge in [0.2, 0.25) is 17.7 Å². The summed E-state index contributed by atoms with van der Waals surface area (Å²) in [6.07, 6.45) is -1.55. The third-order valence-electron chi connectivity index (χ3n) is 5.25. The predicted molar refractivity (Wildman–Crippen MR) is 130 cm³/mol. The zero-order chi connectivity index (χ0) is 28.1. The molecule has 0 heterocycles. The minimum atomic E-state index is -1.70. The first kappa shape index (κ1) is 31.0. The van der Waals surface area contributed by atoms with Crippen molar-refractivity contribution in [2.24, 2.45) is 11.7 Å². The van der Waals surface area contributed by atoms with E-state index in [2.05, 4.69) is 16.0 Å². The summed E-state index contributed by atoms with van der Waals surface area (Å²) in [5.74, 6) is -6.78. The summed E-state index contributed by atoms with van der Waals surface area (Å²) in [5.41, 5.74) is 6.59. The van der Waals surface area contributed by atoms with Gasteiger partial charge >= 0.3 is 17.9 Å². The van der Waals surface area contributed by atoms with E-state index in [1.54, 1.807) is 30.3 Å². The van der Waals surface area contributed by atoms with Gasteiger partial charge in [-0.1, -0.05) is 44.2 Å². The van der Waals surface area contributed by atoms with Gasteiger partial charge in [0.25, 0.3) is 0 Å². The van der Waals surface area contributed by atoms with Crippen molar-refractivity contribution in [2.45, 2.75) is 70.1 Å². The highest BCUT2D eigenvalue weighted by molar-refractivity contribution is 5.95. The molecule has 0 aliphatic heterocycles. The fourth-order valence-electron chi connectivity index (χ4n) is 3.41. The summed E-state index contributed by atoms with van der Waals surface area (Å²) < 4.78 is 0. The first-order chi connectivity index (χ1) is 17.3. The van der Waals surface area contributed by atoms with E-state index in [-0.39, 0.29) is 12.3 Å². The van der Waals surface area contributed by atoms with E-state index >= 15 is 0 Å². The Morgan fingerprint density at radius 1 is 0.784 bits per heavy atom. The quantitative estimate of drug-likeness (QED) is 0.147. The van der Waals surface area contributed by atoms with Crippen molar-refractivity contribution in [3.05, 3.63) is 35.9 Å². The largest absolute Gasteiger partial charge is 0.481 e. The van der Waals surface area contributed by atoms with E-state index in [4.69, 9.17) is 10.8 Å². The lowest BCUT2D eigenvalue weighted by molar-refractivity contribution is -0.144. The lowest BCUT2D eigenvalue weighted by atomic mass is 10.0. The Hall–Kier alpha value is -4.00. The number of amides is 3. The summed E-state index contributed by atoms with van der Waals surface area (Å²) in [5, 5.41) is 34.2. The molecular formula is C24H34N4O9. The van der Waals surface area contributed by atoms with E-state index in [9.17, 15) is 39.0 Å². The summed E-state index contributed by atoms with van der Waals surface area (Å²) in [7, 11) is 0. The van der Waals surface area contributed by atoms with E-state index in [0.717, 1.165) is 0 Å². The normalized spacial score (nSPS) is 14.1. The molecule has 0 fully saturated rings. The summed E-state index contributed by atoms with van der Waals surface area (Å²) in [6.45, 7) is 3.74. The van der Waals surface area contributed by atoms with Gasteiger partial charge in [-0.05, 0) is 24.3 Å². The lowest BCUT2D eigenvalue weighted by Crippen LogP contribution is -2.58. The number of benzene rings is 1. The molecule has 0 aliphatic rings. The first-order valence-corrected chi connectivity index (χ1v) is 11.7. The zero-order valence-corrected chi connectivity index (χ0v) is 20.7. The van der Waals surface area contributed by atoms with Gasteiger partial charge in [-0.2, -0.15) is 0 Å². The molecule has 0 saturated heterocycles. The number of rotatable bonds is 16. The molecular weight excluding hydrogens is 488 g/mol. The molecule has 3 amide bonds. The summed E-state index contributed by atoms with van der Waals surface area (Å²) in [6, 6.07) is 3.17. The van der Waals surface area contributed by atoms with Gasteiger partial charge in [-0.25, -0.2) is 4.79 Å². The van der Waals surface area contributed by atoms with Crippen molar-refractivity contribution in [1.82, 2.24) is 16.0 Å². The van der Waals surface area contributed by atoms with Crippen molar-refractivity contribution >= 4 is 35.6 Å². The summed E-state index contributed by atoms with van der Waals surface area (Å²) >= 11 is 0. The van der Waals surface area contributed by atoms with E-state index in [0.29, 0.717) is 12.0 Å². The highest BCUT2D eigenvalue weighted by Gasteiger charge is 2.32. The molecule has 8 N–H and O–H groups in total. The zero-order valence-electron chi connectivity index (χ0n) is 20.7. The molecule has 0 radical (unpaired) electrons. The fourth-order valence-corrected chi connectivity index (χ4v) is 3.41. The van der Waals surface area contributed by atoms with Gasteiger partial charge in [0.15, 0.2) is 0 Å². The van der Waals surface area contributed by atoms with Gasteiger partial charge in [-0.15, -0.1) is 0 Å². The molecule has 0 aliphatic carbocycles. The Balaban J connectivity index is 3.10. The number of hydrogen-bond acceptors (Lipinski definition) is 7. The Morgan fingerprint density at radius 2 is 1.32 bits per heavy atom. The fraction of sp³-hybridized carbons (Fsp3) is 0.500. The number of carboxylic acids is 3. The van der Waals surface area contributed by atoms with Gasteiger partial charge in [-0.3, -0.25) is 24.0 Å². The molecule has 4 unspecified atom stereocenters. The molecule has 1 aromatic rings. The number of carboxylic acid groups (broad SMARTS) is 3. The molecule has 0 spiro atoms. The van der Waals surface area contributed by atoms with Crippen LogP contribution < -0.4 is 21.7 Å². The van der Waals surface area contributed by atoms with Crippen molar-refractivity contribution in [3.63, 3.8) is 0 Å². The third-order valence-corrected chi connectivity index (χ3v) is 5.25. The average molecular weight is 523 g/mol. The molecule has 0 bridgehead atoms. The second-order valence-electron chi connectivity index (χ2n) is 8.98. The van der Waals surface area contributed by atoms with Crippen LogP contribution >= 0.6 is 0 Å².